The minimum absolute atomic E-state index is 0.324. The number of benzene rings is 1. The smallest absolute Gasteiger partial charge is 0.139 e. The summed E-state index contributed by atoms with van der Waals surface area (Å²) < 4.78 is 25.2. The summed E-state index contributed by atoms with van der Waals surface area (Å²) in [6, 6.07) is 6.76. The van der Waals surface area contributed by atoms with Gasteiger partial charge in [0.05, 0.1) is 15.7 Å². The van der Waals surface area contributed by atoms with Gasteiger partial charge in [-0.1, -0.05) is 19.1 Å². The van der Waals surface area contributed by atoms with E-state index in [0.29, 0.717) is 16.7 Å². The molecule has 0 spiro atoms. The zero-order valence-corrected chi connectivity index (χ0v) is 11.2. The molecule has 1 aromatic carbocycles. The number of rotatable bonds is 7. The molecule has 0 aromatic heterocycles. The molecule has 2 unspecified atom stereocenters. The van der Waals surface area contributed by atoms with Gasteiger partial charge in [-0.05, 0) is 38.4 Å². The Bertz CT molecular complexity index is 366. The van der Waals surface area contributed by atoms with E-state index >= 15 is 0 Å². The summed E-state index contributed by atoms with van der Waals surface area (Å²) in [4.78, 5) is 0.324. The quantitative estimate of drug-likeness (QED) is 0.813. The molecule has 1 aromatic rings. The summed E-state index contributed by atoms with van der Waals surface area (Å²) in [7, 11) is 0.714. The molecule has 96 valence electrons. The first-order chi connectivity index (χ1) is 8.19. The van der Waals surface area contributed by atoms with Crippen LogP contribution in [0.4, 0.5) is 4.39 Å². The summed E-state index contributed by atoms with van der Waals surface area (Å²) in [5.41, 5.74) is 0. The first kappa shape index (κ1) is 14.3. The minimum Gasteiger partial charge on any atom is -0.317 e. The fraction of sp³-hybridized carbons (Fsp3) is 0.538. The zero-order valence-electron chi connectivity index (χ0n) is 10.4. The van der Waals surface area contributed by atoms with Crippen LogP contribution in [0, 0.1) is 5.82 Å². The Morgan fingerprint density at radius 1 is 1.41 bits per heavy atom. The van der Waals surface area contributed by atoms with Crippen molar-refractivity contribution in [1.29, 1.82) is 0 Å². The molecule has 0 amide bonds. The molecule has 1 rings (SSSR count). The molecule has 0 aliphatic rings. The van der Waals surface area contributed by atoms with Crippen molar-refractivity contribution in [3.63, 3.8) is 0 Å². The van der Waals surface area contributed by atoms with Crippen molar-refractivity contribution >= 4 is 10.8 Å². The lowest BCUT2D eigenvalue weighted by atomic mass is 10.1. The van der Waals surface area contributed by atoms with E-state index in [9.17, 15) is 8.60 Å². The van der Waals surface area contributed by atoms with Crippen molar-refractivity contribution < 1.29 is 8.60 Å². The highest BCUT2D eigenvalue weighted by atomic mass is 32.2. The number of nitrogens with one attached hydrogen (secondary N) is 1. The Balaban J connectivity index is 2.43. The van der Waals surface area contributed by atoms with Gasteiger partial charge in [0.2, 0.25) is 0 Å². The van der Waals surface area contributed by atoms with E-state index in [-0.39, 0.29) is 5.82 Å². The van der Waals surface area contributed by atoms with Crippen molar-refractivity contribution in [2.75, 3.05) is 12.8 Å². The van der Waals surface area contributed by atoms with Crippen LogP contribution in [0.15, 0.2) is 29.2 Å². The van der Waals surface area contributed by atoms with E-state index < -0.39 is 10.8 Å². The average molecular weight is 257 g/mol. The fourth-order valence-corrected chi connectivity index (χ4v) is 2.92. The second-order valence-corrected chi connectivity index (χ2v) is 5.56. The summed E-state index contributed by atoms with van der Waals surface area (Å²) in [5, 5.41) is 3.20. The van der Waals surface area contributed by atoms with Gasteiger partial charge in [0.15, 0.2) is 0 Å². The highest BCUT2D eigenvalue weighted by Gasteiger charge is 2.10. The summed E-state index contributed by atoms with van der Waals surface area (Å²) in [6.45, 7) is 2.12. The largest absolute Gasteiger partial charge is 0.317 e. The van der Waals surface area contributed by atoms with E-state index in [1.807, 2.05) is 7.05 Å². The maximum Gasteiger partial charge on any atom is 0.139 e. The van der Waals surface area contributed by atoms with Crippen molar-refractivity contribution in [1.82, 2.24) is 5.32 Å². The van der Waals surface area contributed by atoms with Crippen LogP contribution in [0.2, 0.25) is 0 Å². The van der Waals surface area contributed by atoms with Gasteiger partial charge in [-0.25, -0.2) is 4.39 Å². The molecule has 0 saturated heterocycles. The van der Waals surface area contributed by atoms with Gasteiger partial charge in [0.25, 0.3) is 0 Å². The molecule has 0 aliphatic carbocycles. The molecular formula is C13H20FNOS. The van der Waals surface area contributed by atoms with Gasteiger partial charge in [-0.2, -0.15) is 0 Å². The van der Waals surface area contributed by atoms with Crippen LogP contribution in [0.5, 0.6) is 0 Å². The molecule has 4 heteroatoms. The third-order valence-electron chi connectivity index (χ3n) is 2.87. The van der Waals surface area contributed by atoms with E-state index in [2.05, 4.69) is 12.2 Å². The van der Waals surface area contributed by atoms with Gasteiger partial charge in [0.1, 0.15) is 5.82 Å². The molecule has 2 atom stereocenters. The summed E-state index contributed by atoms with van der Waals surface area (Å²) in [6.07, 6.45) is 2.89. The van der Waals surface area contributed by atoms with E-state index in [4.69, 9.17) is 0 Å². The Hall–Kier alpha value is -0.740. The second kappa shape index (κ2) is 7.56. The number of hydrogen-bond donors (Lipinski definition) is 1. The van der Waals surface area contributed by atoms with Crippen LogP contribution in [0.3, 0.4) is 0 Å². The van der Waals surface area contributed by atoms with E-state index in [0.717, 1.165) is 19.3 Å². The van der Waals surface area contributed by atoms with Crippen LogP contribution in [-0.2, 0) is 10.8 Å². The zero-order chi connectivity index (χ0) is 12.7. The highest BCUT2D eigenvalue weighted by Crippen LogP contribution is 2.13. The van der Waals surface area contributed by atoms with Gasteiger partial charge < -0.3 is 5.32 Å². The molecule has 2 nitrogen and oxygen atoms in total. The Kier molecular flexibility index (Phi) is 6.37. The lowest BCUT2D eigenvalue weighted by Crippen LogP contribution is -2.24. The lowest BCUT2D eigenvalue weighted by molar-refractivity contribution is 0.503. The van der Waals surface area contributed by atoms with Crippen LogP contribution in [0.25, 0.3) is 0 Å². The van der Waals surface area contributed by atoms with Crippen molar-refractivity contribution in [2.45, 2.75) is 37.1 Å². The van der Waals surface area contributed by atoms with Crippen LogP contribution in [-0.4, -0.2) is 23.1 Å². The maximum absolute atomic E-state index is 13.4. The monoisotopic (exact) mass is 257 g/mol. The average Bonchev–Trinajstić information content (AvgIpc) is 2.35. The molecule has 17 heavy (non-hydrogen) atoms. The molecule has 0 heterocycles. The van der Waals surface area contributed by atoms with Crippen molar-refractivity contribution in [3.05, 3.63) is 30.1 Å². The molecule has 0 bridgehead atoms. The molecule has 0 fully saturated rings. The molecular weight excluding hydrogens is 237 g/mol. The van der Waals surface area contributed by atoms with Gasteiger partial charge in [-0.15, -0.1) is 0 Å². The van der Waals surface area contributed by atoms with Crippen molar-refractivity contribution in [3.8, 4) is 0 Å². The third kappa shape index (κ3) is 4.56. The summed E-state index contributed by atoms with van der Waals surface area (Å²) >= 11 is 0. The molecule has 0 aliphatic heterocycles. The Morgan fingerprint density at radius 2 is 2.12 bits per heavy atom. The predicted octanol–water partition coefficient (Wildman–Crippen LogP) is 2.71. The molecule has 1 N–H and O–H groups in total. The minimum atomic E-state index is -1.22. The Morgan fingerprint density at radius 3 is 2.71 bits per heavy atom. The normalized spacial score (nSPS) is 14.5. The maximum atomic E-state index is 13.4. The summed E-state index contributed by atoms with van der Waals surface area (Å²) in [5.74, 6) is 0.158. The van der Waals surface area contributed by atoms with E-state index in [1.165, 1.54) is 6.07 Å². The highest BCUT2D eigenvalue weighted by molar-refractivity contribution is 7.85. The Labute approximate surface area is 105 Å². The van der Waals surface area contributed by atoms with Crippen molar-refractivity contribution in [2.24, 2.45) is 0 Å². The molecule has 0 saturated carbocycles. The number of hydrogen-bond acceptors (Lipinski definition) is 2. The van der Waals surface area contributed by atoms with Gasteiger partial charge >= 0.3 is 0 Å². The first-order valence-corrected chi connectivity index (χ1v) is 7.31. The van der Waals surface area contributed by atoms with Crippen LogP contribution < -0.4 is 5.32 Å². The fourth-order valence-electron chi connectivity index (χ4n) is 1.75. The van der Waals surface area contributed by atoms with E-state index in [1.54, 1.807) is 18.2 Å². The molecule has 0 radical (unpaired) electrons. The SMILES string of the molecule is CCC(CCCS(=O)c1ccccc1F)NC. The topological polar surface area (TPSA) is 29.1 Å². The van der Waals surface area contributed by atoms with Gasteiger partial charge in [-0.3, -0.25) is 4.21 Å². The van der Waals surface area contributed by atoms with Crippen LogP contribution in [0.1, 0.15) is 26.2 Å². The third-order valence-corrected chi connectivity index (χ3v) is 4.35. The predicted molar refractivity (Wildman–Crippen MR) is 70.0 cm³/mol. The first-order valence-electron chi connectivity index (χ1n) is 5.99. The lowest BCUT2D eigenvalue weighted by Gasteiger charge is -2.12. The van der Waals surface area contributed by atoms with Crippen LogP contribution >= 0.6 is 0 Å². The number of halogens is 1. The standard InChI is InChI=1S/C13H20FNOS/c1-3-11(15-2)7-6-10-17(16)13-9-5-4-8-12(13)14/h4-5,8-9,11,15H,3,6-7,10H2,1-2H3. The second-order valence-electron chi connectivity index (χ2n) is 4.02. The van der Waals surface area contributed by atoms with Gasteiger partial charge in [0, 0.05) is 11.8 Å².